The van der Waals surface area contributed by atoms with E-state index >= 15 is 0 Å². The molecule has 1 aliphatic carbocycles. The minimum absolute atomic E-state index is 0.0468. The Morgan fingerprint density at radius 2 is 1.53 bits per heavy atom. The molecule has 0 saturated heterocycles. The number of halogens is 4. The van der Waals surface area contributed by atoms with E-state index < -0.39 is 44.5 Å². The summed E-state index contributed by atoms with van der Waals surface area (Å²) in [5.74, 6) is -2.61. The van der Waals surface area contributed by atoms with Gasteiger partial charge in [-0.2, -0.15) is 13.2 Å². The van der Waals surface area contributed by atoms with E-state index in [0.717, 1.165) is 5.56 Å². The SMILES string of the molecule is Cc1ccc(S(=O)(=O)C2C(c3ccccc3)=NC3(C(F)(F)F)CC(c4ccc(F)cc4)C23)cc1. The van der Waals surface area contributed by atoms with E-state index in [1.165, 1.54) is 36.4 Å². The summed E-state index contributed by atoms with van der Waals surface area (Å²) in [6, 6.07) is 19.5. The van der Waals surface area contributed by atoms with Gasteiger partial charge in [-0.05, 0) is 54.7 Å². The fraction of sp³-hybridized carbons (Fsp3) is 0.269. The minimum atomic E-state index is -4.74. The van der Waals surface area contributed by atoms with Gasteiger partial charge in [0.2, 0.25) is 0 Å². The summed E-state index contributed by atoms with van der Waals surface area (Å²) < 4.78 is 85.0. The van der Waals surface area contributed by atoms with Crippen LogP contribution in [0.2, 0.25) is 0 Å². The Balaban J connectivity index is 1.71. The van der Waals surface area contributed by atoms with Crippen LogP contribution in [0.3, 0.4) is 0 Å². The van der Waals surface area contributed by atoms with E-state index in [1.54, 1.807) is 49.4 Å². The predicted molar refractivity (Wildman–Crippen MR) is 121 cm³/mol. The van der Waals surface area contributed by atoms with Gasteiger partial charge in [-0.1, -0.05) is 60.2 Å². The van der Waals surface area contributed by atoms with Crippen molar-refractivity contribution in [3.63, 3.8) is 0 Å². The fourth-order valence-corrected chi connectivity index (χ4v) is 7.35. The molecule has 34 heavy (non-hydrogen) atoms. The van der Waals surface area contributed by atoms with Gasteiger partial charge in [-0.15, -0.1) is 0 Å². The third kappa shape index (κ3) is 3.38. The molecule has 0 radical (unpaired) electrons. The Hall–Kier alpha value is -3.00. The average molecular weight is 488 g/mol. The van der Waals surface area contributed by atoms with Crippen LogP contribution >= 0.6 is 0 Å². The molecule has 0 amide bonds. The lowest BCUT2D eigenvalue weighted by Gasteiger charge is -2.51. The van der Waals surface area contributed by atoms with E-state index in [2.05, 4.69) is 4.99 Å². The van der Waals surface area contributed by atoms with Crippen molar-refractivity contribution < 1.29 is 26.0 Å². The summed E-state index contributed by atoms with van der Waals surface area (Å²) >= 11 is 0. The van der Waals surface area contributed by atoms with Gasteiger partial charge in [0.15, 0.2) is 15.4 Å². The Bertz CT molecular complexity index is 1350. The van der Waals surface area contributed by atoms with Crippen molar-refractivity contribution in [1.29, 1.82) is 0 Å². The molecule has 4 unspecified atom stereocenters. The number of hydrogen-bond donors (Lipinski definition) is 0. The van der Waals surface area contributed by atoms with Gasteiger partial charge < -0.3 is 0 Å². The third-order valence-electron chi connectivity index (χ3n) is 6.97. The first kappa shape index (κ1) is 22.8. The highest BCUT2D eigenvalue weighted by molar-refractivity contribution is 7.93. The lowest BCUT2D eigenvalue weighted by atomic mass is 9.56. The lowest BCUT2D eigenvalue weighted by Crippen LogP contribution is -2.62. The second kappa shape index (κ2) is 7.77. The maximum atomic E-state index is 14.5. The van der Waals surface area contributed by atoms with Crippen LogP contribution in [0.15, 0.2) is 88.8 Å². The van der Waals surface area contributed by atoms with Gasteiger partial charge in [0.25, 0.3) is 0 Å². The largest absolute Gasteiger partial charge is 0.413 e. The van der Waals surface area contributed by atoms with Crippen molar-refractivity contribution >= 4 is 15.5 Å². The molecule has 3 nitrogen and oxygen atoms in total. The molecule has 1 saturated carbocycles. The molecular formula is C26H21F4NO2S. The molecule has 1 heterocycles. The highest BCUT2D eigenvalue weighted by atomic mass is 32.2. The minimum Gasteiger partial charge on any atom is -0.271 e. The molecule has 1 fully saturated rings. The van der Waals surface area contributed by atoms with Crippen molar-refractivity contribution in [2.75, 3.05) is 0 Å². The van der Waals surface area contributed by atoms with Crippen LogP contribution in [0.25, 0.3) is 0 Å². The maximum absolute atomic E-state index is 14.5. The number of hydrogen-bond acceptors (Lipinski definition) is 3. The van der Waals surface area contributed by atoms with Crippen molar-refractivity contribution in [1.82, 2.24) is 0 Å². The summed E-state index contributed by atoms with van der Waals surface area (Å²) in [5.41, 5.74) is -0.938. The van der Waals surface area contributed by atoms with Crippen molar-refractivity contribution in [3.8, 4) is 0 Å². The zero-order valence-corrected chi connectivity index (χ0v) is 18.9. The number of alkyl halides is 3. The van der Waals surface area contributed by atoms with E-state index in [-0.39, 0.29) is 17.0 Å². The zero-order chi connectivity index (χ0) is 24.3. The number of aryl methyl sites for hydroxylation is 1. The van der Waals surface area contributed by atoms with Crippen LogP contribution in [-0.4, -0.2) is 31.1 Å². The van der Waals surface area contributed by atoms with E-state index in [4.69, 9.17) is 0 Å². The van der Waals surface area contributed by atoms with Gasteiger partial charge in [-0.3, -0.25) is 4.99 Å². The highest BCUT2D eigenvalue weighted by Gasteiger charge is 2.75. The number of nitrogens with zero attached hydrogens (tertiary/aromatic N) is 1. The van der Waals surface area contributed by atoms with Crippen LogP contribution < -0.4 is 0 Å². The standard InChI is InChI=1S/C26H21F4NO2S/c1-16-7-13-20(14-8-16)34(32,33)24-22-21(17-9-11-19(27)12-10-17)15-25(22,26(28,29)30)31-23(24)18-5-3-2-4-6-18/h2-14,21-22,24H,15H2,1H3. The Morgan fingerprint density at radius 1 is 0.912 bits per heavy atom. The summed E-state index contributed by atoms with van der Waals surface area (Å²) in [6.07, 6.45) is -5.13. The summed E-state index contributed by atoms with van der Waals surface area (Å²) in [5, 5.41) is -1.50. The third-order valence-corrected chi connectivity index (χ3v) is 9.09. The molecule has 0 bridgehead atoms. The number of sulfone groups is 1. The molecule has 8 heteroatoms. The molecule has 2 aliphatic rings. The first-order valence-electron chi connectivity index (χ1n) is 10.8. The predicted octanol–water partition coefficient (Wildman–Crippen LogP) is 5.88. The first-order valence-corrected chi connectivity index (χ1v) is 12.4. The molecule has 0 aromatic heterocycles. The zero-order valence-electron chi connectivity index (χ0n) is 18.1. The van der Waals surface area contributed by atoms with E-state index in [0.29, 0.717) is 11.1 Å². The second-order valence-electron chi connectivity index (χ2n) is 8.95. The second-order valence-corrected chi connectivity index (χ2v) is 11.0. The molecule has 3 aromatic carbocycles. The smallest absolute Gasteiger partial charge is 0.271 e. The first-order chi connectivity index (χ1) is 16.0. The van der Waals surface area contributed by atoms with Gasteiger partial charge >= 0.3 is 6.18 Å². The fourth-order valence-electron chi connectivity index (χ4n) is 5.26. The summed E-state index contributed by atoms with van der Waals surface area (Å²) in [7, 11) is -4.24. The van der Waals surface area contributed by atoms with Gasteiger partial charge in [0, 0.05) is 5.92 Å². The average Bonchev–Trinajstić information content (AvgIpc) is 3.06. The van der Waals surface area contributed by atoms with E-state index in [9.17, 15) is 26.0 Å². The molecule has 176 valence electrons. The molecule has 4 atom stereocenters. The van der Waals surface area contributed by atoms with Crippen LogP contribution in [0, 0.1) is 18.7 Å². The number of fused-ring (bicyclic) bond motifs is 1. The lowest BCUT2D eigenvalue weighted by molar-refractivity contribution is -0.226. The maximum Gasteiger partial charge on any atom is 0.413 e. The Morgan fingerprint density at radius 3 is 2.12 bits per heavy atom. The van der Waals surface area contributed by atoms with Crippen molar-refractivity contribution in [2.24, 2.45) is 10.9 Å². The van der Waals surface area contributed by atoms with Crippen LogP contribution in [0.4, 0.5) is 17.6 Å². The molecule has 0 N–H and O–H groups in total. The molecule has 3 aromatic rings. The molecule has 1 aliphatic heterocycles. The van der Waals surface area contributed by atoms with Gasteiger partial charge in [-0.25, -0.2) is 12.8 Å². The van der Waals surface area contributed by atoms with Crippen molar-refractivity contribution in [2.45, 2.75) is 41.1 Å². The summed E-state index contributed by atoms with van der Waals surface area (Å²) in [6.45, 7) is 1.80. The van der Waals surface area contributed by atoms with Crippen molar-refractivity contribution in [3.05, 3.63) is 101 Å². The number of aliphatic imine (C=N–C) groups is 1. The number of rotatable bonds is 4. The van der Waals surface area contributed by atoms with Crippen LogP contribution in [0.1, 0.15) is 29.0 Å². The number of benzene rings is 3. The monoisotopic (exact) mass is 487 g/mol. The quantitative estimate of drug-likeness (QED) is 0.431. The molecular weight excluding hydrogens is 466 g/mol. The molecule has 0 spiro atoms. The molecule has 5 rings (SSSR count). The van der Waals surface area contributed by atoms with Gasteiger partial charge in [0.1, 0.15) is 11.1 Å². The van der Waals surface area contributed by atoms with Crippen LogP contribution in [-0.2, 0) is 9.84 Å². The summed E-state index contributed by atoms with van der Waals surface area (Å²) in [4.78, 5) is 4.11. The topological polar surface area (TPSA) is 46.5 Å². The Labute approximate surface area is 195 Å². The highest BCUT2D eigenvalue weighted by Crippen LogP contribution is 2.65. The van der Waals surface area contributed by atoms with E-state index in [1.807, 2.05) is 0 Å². The van der Waals surface area contributed by atoms with Gasteiger partial charge in [0.05, 0.1) is 10.6 Å². The van der Waals surface area contributed by atoms with Crippen LogP contribution in [0.5, 0.6) is 0 Å². The normalized spacial score (nSPS) is 26.5. The Kier molecular flexibility index (Phi) is 5.20.